The first-order valence-corrected chi connectivity index (χ1v) is 5.07. The van der Waals surface area contributed by atoms with Gasteiger partial charge >= 0.3 is 12.1 Å². The fourth-order valence-electron chi connectivity index (χ4n) is 1.29. The van der Waals surface area contributed by atoms with Gasteiger partial charge in [-0.05, 0) is 6.92 Å². The van der Waals surface area contributed by atoms with Crippen molar-refractivity contribution in [3.63, 3.8) is 0 Å². The second-order valence-corrected chi connectivity index (χ2v) is 3.20. The summed E-state index contributed by atoms with van der Waals surface area (Å²) in [5, 5.41) is 0. The van der Waals surface area contributed by atoms with Crippen molar-refractivity contribution < 1.29 is 19.1 Å². The molecule has 1 aliphatic rings. The van der Waals surface area contributed by atoms with Gasteiger partial charge in [-0.1, -0.05) is 18.7 Å². The van der Waals surface area contributed by atoms with Crippen LogP contribution in [0.1, 0.15) is 6.92 Å². The molecule has 88 valence electrons. The lowest BCUT2D eigenvalue weighted by Gasteiger charge is -2.15. The summed E-state index contributed by atoms with van der Waals surface area (Å²) in [6, 6.07) is 0. The van der Waals surface area contributed by atoms with Crippen LogP contribution in [0.5, 0.6) is 0 Å². The van der Waals surface area contributed by atoms with Gasteiger partial charge in [-0.3, -0.25) is 4.90 Å². The number of ether oxygens (including phenoxy) is 2. The number of carbonyl (C=O) groups is 2. The first-order chi connectivity index (χ1) is 7.69. The highest BCUT2D eigenvalue weighted by Crippen LogP contribution is 2.11. The van der Waals surface area contributed by atoms with E-state index in [0.29, 0.717) is 18.7 Å². The molecule has 0 saturated carbocycles. The molecular formula is C11H15NO4. The van der Waals surface area contributed by atoms with Crippen molar-refractivity contribution in [2.24, 2.45) is 0 Å². The molecule has 0 aromatic heterocycles. The molecule has 0 bridgehead atoms. The van der Waals surface area contributed by atoms with Crippen LogP contribution in [-0.2, 0) is 14.3 Å². The Bertz CT molecular complexity index is 322. The number of hydrogen-bond donors (Lipinski definition) is 0. The molecule has 0 saturated heterocycles. The third-order valence-electron chi connectivity index (χ3n) is 2.04. The van der Waals surface area contributed by atoms with Crippen LogP contribution in [0.15, 0.2) is 24.3 Å². The molecule has 1 rings (SSSR count). The summed E-state index contributed by atoms with van der Waals surface area (Å²) in [5.74, 6) is -0.374. The van der Waals surface area contributed by atoms with E-state index in [4.69, 9.17) is 9.47 Å². The summed E-state index contributed by atoms with van der Waals surface area (Å²) in [5.41, 5.74) is 0.498. The summed E-state index contributed by atoms with van der Waals surface area (Å²) in [4.78, 5) is 24.2. The fraction of sp³-hybridized carbons (Fsp3) is 0.455. The molecule has 0 aromatic carbocycles. The van der Waals surface area contributed by atoms with Crippen molar-refractivity contribution in [1.29, 1.82) is 0 Å². The van der Waals surface area contributed by atoms with E-state index in [2.05, 4.69) is 6.58 Å². The SMILES string of the molecule is C=CCOC(=O)N1CC=C(C(=O)OCC)C1. The summed E-state index contributed by atoms with van der Waals surface area (Å²) >= 11 is 0. The van der Waals surface area contributed by atoms with Gasteiger partial charge in [0.25, 0.3) is 0 Å². The molecule has 5 nitrogen and oxygen atoms in total. The van der Waals surface area contributed by atoms with Crippen LogP contribution >= 0.6 is 0 Å². The van der Waals surface area contributed by atoms with E-state index < -0.39 is 6.09 Å². The minimum Gasteiger partial charge on any atom is -0.463 e. The minimum atomic E-state index is -0.449. The Morgan fingerprint density at radius 1 is 1.56 bits per heavy atom. The molecule has 0 N–H and O–H groups in total. The average Bonchev–Trinajstić information content (AvgIpc) is 2.75. The number of nitrogens with zero attached hydrogens (tertiary/aromatic N) is 1. The number of esters is 1. The number of rotatable bonds is 4. The zero-order valence-electron chi connectivity index (χ0n) is 9.27. The van der Waals surface area contributed by atoms with Gasteiger partial charge in [-0.2, -0.15) is 0 Å². The van der Waals surface area contributed by atoms with E-state index >= 15 is 0 Å². The van der Waals surface area contributed by atoms with Gasteiger partial charge in [0.05, 0.1) is 18.7 Å². The zero-order valence-corrected chi connectivity index (χ0v) is 9.27. The highest BCUT2D eigenvalue weighted by Gasteiger charge is 2.24. The van der Waals surface area contributed by atoms with Gasteiger partial charge in [0.2, 0.25) is 0 Å². The van der Waals surface area contributed by atoms with Crippen LogP contribution in [-0.4, -0.2) is 43.3 Å². The third kappa shape index (κ3) is 3.12. The average molecular weight is 225 g/mol. The first kappa shape index (κ1) is 12.3. The van der Waals surface area contributed by atoms with Crippen LogP contribution < -0.4 is 0 Å². The van der Waals surface area contributed by atoms with Gasteiger partial charge in [0, 0.05) is 6.54 Å². The van der Waals surface area contributed by atoms with E-state index in [1.54, 1.807) is 13.0 Å². The van der Waals surface area contributed by atoms with Crippen molar-refractivity contribution in [2.45, 2.75) is 6.92 Å². The van der Waals surface area contributed by atoms with E-state index in [-0.39, 0.29) is 19.1 Å². The fourth-order valence-corrected chi connectivity index (χ4v) is 1.29. The molecule has 0 atom stereocenters. The Balaban J connectivity index is 2.40. The van der Waals surface area contributed by atoms with Crippen molar-refractivity contribution in [2.75, 3.05) is 26.3 Å². The molecule has 1 heterocycles. The Hall–Kier alpha value is -1.78. The molecule has 0 aliphatic carbocycles. The highest BCUT2D eigenvalue weighted by molar-refractivity contribution is 5.90. The lowest BCUT2D eigenvalue weighted by molar-refractivity contribution is -0.138. The predicted octanol–water partition coefficient (Wildman–Crippen LogP) is 1.11. The topological polar surface area (TPSA) is 55.8 Å². The number of hydrogen-bond acceptors (Lipinski definition) is 4. The molecule has 1 aliphatic heterocycles. The Labute approximate surface area is 94.3 Å². The summed E-state index contributed by atoms with van der Waals surface area (Å²) in [6.45, 7) is 6.31. The molecular weight excluding hydrogens is 210 g/mol. The van der Waals surface area contributed by atoms with E-state index in [0.717, 1.165) is 0 Å². The minimum absolute atomic E-state index is 0.171. The Kier molecular flexibility index (Phi) is 4.57. The predicted molar refractivity (Wildman–Crippen MR) is 57.8 cm³/mol. The quantitative estimate of drug-likeness (QED) is 0.531. The van der Waals surface area contributed by atoms with Crippen LogP contribution in [0.2, 0.25) is 0 Å². The lowest BCUT2D eigenvalue weighted by Crippen LogP contribution is -2.30. The summed E-state index contributed by atoms with van der Waals surface area (Å²) < 4.78 is 9.68. The van der Waals surface area contributed by atoms with E-state index in [9.17, 15) is 9.59 Å². The molecule has 0 radical (unpaired) electrons. The van der Waals surface area contributed by atoms with Crippen LogP contribution in [0.3, 0.4) is 0 Å². The monoisotopic (exact) mass is 225 g/mol. The molecule has 16 heavy (non-hydrogen) atoms. The molecule has 0 aromatic rings. The van der Waals surface area contributed by atoms with Crippen LogP contribution in [0, 0.1) is 0 Å². The van der Waals surface area contributed by atoms with Crippen molar-refractivity contribution in [3.05, 3.63) is 24.3 Å². The molecule has 5 heteroatoms. The largest absolute Gasteiger partial charge is 0.463 e. The van der Waals surface area contributed by atoms with Crippen molar-refractivity contribution >= 4 is 12.1 Å². The first-order valence-electron chi connectivity index (χ1n) is 5.07. The number of carbonyl (C=O) groups excluding carboxylic acids is 2. The van der Waals surface area contributed by atoms with E-state index in [1.165, 1.54) is 11.0 Å². The van der Waals surface area contributed by atoms with E-state index in [1.807, 2.05) is 0 Å². The zero-order chi connectivity index (χ0) is 12.0. The van der Waals surface area contributed by atoms with Crippen molar-refractivity contribution in [3.8, 4) is 0 Å². The lowest BCUT2D eigenvalue weighted by atomic mass is 10.3. The number of amides is 1. The normalized spacial score (nSPS) is 14.3. The van der Waals surface area contributed by atoms with Gasteiger partial charge in [0.15, 0.2) is 0 Å². The smallest absolute Gasteiger partial charge is 0.410 e. The van der Waals surface area contributed by atoms with Gasteiger partial charge in [-0.15, -0.1) is 0 Å². The second kappa shape index (κ2) is 5.95. The summed E-state index contributed by atoms with van der Waals surface area (Å²) in [7, 11) is 0. The van der Waals surface area contributed by atoms with Crippen LogP contribution in [0.4, 0.5) is 4.79 Å². The molecule has 1 amide bonds. The maximum absolute atomic E-state index is 11.4. The maximum Gasteiger partial charge on any atom is 0.410 e. The molecule has 0 fully saturated rings. The van der Waals surface area contributed by atoms with Crippen molar-refractivity contribution in [1.82, 2.24) is 4.90 Å². The Morgan fingerprint density at radius 2 is 2.31 bits per heavy atom. The summed E-state index contributed by atoms with van der Waals surface area (Å²) in [6.07, 6.45) is 2.72. The molecule has 0 spiro atoms. The molecule has 0 unspecified atom stereocenters. The van der Waals surface area contributed by atoms with Gasteiger partial charge in [-0.25, -0.2) is 9.59 Å². The standard InChI is InChI=1S/C11H15NO4/c1-3-7-16-11(14)12-6-5-9(8-12)10(13)15-4-2/h3,5H,1,4,6-8H2,2H3. The van der Waals surface area contributed by atoms with Gasteiger partial charge in [0.1, 0.15) is 6.61 Å². The maximum atomic E-state index is 11.4. The van der Waals surface area contributed by atoms with Gasteiger partial charge < -0.3 is 9.47 Å². The third-order valence-corrected chi connectivity index (χ3v) is 2.04. The highest BCUT2D eigenvalue weighted by atomic mass is 16.6. The second-order valence-electron chi connectivity index (χ2n) is 3.20. The van der Waals surface area contributed by atoms with Crippen LogP contribution in [0.25, 0.3) is 0 Å². The Morgan fingerprint density at radius 3 is 2.94 bits per heavy atom.